The fourth-order valence-corrected chi connectivity index (χ4v) is 8.51. The summed E-state index contributed by atoms with van der Waals surface area (Å²) >= 11 is 0. The van der Waals surface area contributed by atoms with Gasteiger partial charge < -0.3 is 9.47 Å². The molecule has 10 aromatic carbocycles. The second-order valence-corrected chi connectivity index (χ2v) is 15.6. The summed E-state index contributed by atoms with van der Waals surface area (Å²) in [6.07, 6.45) is -0.808. The van der Waals surface area contributed by atoms with E-state index in [1.807, 2.05) is 60.7 Å². The molecule has 3 heteroatoms. The van der Waals surface area contributed by atoms with Crippen LogP contribution in [0.3, 0.4) is 0 Å². The summed E-state index contributed by atoms with van der Waals surface area (Å²) in [5, 5.41) is 0. The van der Waals surface area contributed by atoms with Crippen molar-refractivity contribution in [3.8, 4) is 101 Å². The quantitative estimate of drug-likeness (QED) is 0.102. The fourth-order valence-electron chi connectivity index (χ4n) is 8.51. The molecule has 0 heterocycles. The average Bonchev–Trinajstić information content (AvgIpc) is 3.37. The van der Waals surface area contributed by atoms with Crippen LogP contribution in [-0.4, -0.2) is 6.16 Å². The van der Waals surface area contributed by atoms with Gasteiger partial charge in [-0.25, -0.2) is 4.79 Å². The van der Waals surface area contributed by atoms with Gasteiger partial charge in [-0.05, 0) is 113 Å². The summed E-state index contributed by atoms with van der Waals surface area (Å²) < 4.78 is 11.5. The fraction of sp³-hybridized carbons (Fsp3) is 0. The third-order valence-electron chi connectivity index (χ3n) is 11.6. The highest BCUT2D eigenvalue weighted by Gasteiger charge is 2.17. The van der Waals surface area contributed by atoms with Crippen LogP contribution in [0.5, 0.6) is 11.5 Å². The Bertz CT molecular complexity index is 2850. The molecule has 0 N–H and O–H groups in total. The Kier molecular flexibility index (Phi) is 11.3. The van der Waals surface area contributed by atoms with E-state index in [0.29, 0.717) is 11.5 Å². The van der Waals surface area contributed by atoms with Crippen LogP contribution < -0.4 is 9.47 Å². The summed E-state index contributed by atoms with van der Waals surface area (Å²) in [5.74, 6) is 0.787. The normalized spacial score (nSPS) is 10.9. The highest BCUT2D eigenvalue weighted by atomic mass is 16.7. The Morgan fingerprint density at radius 1 is 0.234 bits per heavy atom. The van der Waals surface area contributed by atoms with Gasteiger partial charge in [-0.15, -0.1) is 0 Å². The predicted molar refractivity (Wildman–Crippen MR) is 263 cm³/mol. The first-order valence-corrected chi connectivity index (χ1v) is 21.4. The summed E-state index contributed by atoms with van der Waals surface area (Å²) in [6, 6.07) is 87.2. The van der Waals surface area contributed by atoms with Crippen LogP contribution in [-0.2, 0) is 0 Å². The third-order valence-corrected chi connectivity index (χ3v) is 11.6. The molecule has 0 aliphatic heterocycles. The van der Waals surface area contributed by atoms with E-state index in [0.717, 1.165) is 55.6 Å². The van der Waals surface area contributed by atoms with Crippen LogP contribution in [0.15, 0.2) is 255 Å². The molecule has 0 saturated heterocycles. The Hall–Kier alpha value is -8.53. The van der Waals surface area contributed by atoms with Crippen molar-refractivity contribution in [3.63, 3.8) is 0 Å². The zero-order valence-corrected chi connectivity index (χ0v) is 35.0. The topological polar surface area (TPSA) is 35.5 Å². The van der Waals surface area contributed by atoms with Crippen molar-refractivity contribution in [1.82, 2.24) is 0 Å². The second kappa shape index (κ2) is 18.2. The van der Waals surface area contributed by atoms with E-state index in [1.165, 1.54) is 33.4 Å². The molecule has 10 rings (SSSR count). The average molecular weight is 823 g/mol. The van der Waals surface area contributed by atoms with E-state index in [-0.39, 0.29) is 0 Å². The van der Waals surface area contributed by atoms with Crippen molar-refractivity contribution in [3.05, 3.63) is 255 Å². The lowest BCUT2D eigenvalue weighted by Crippen LogP contribution is -2.13. The highest BCUT2D eigenvalue weighted by Crippen LogP contribution is 2.42. The molecule has 304 valence electrons. The van der Waals surface area contributed by atoms with Crippen molar-refractivity contribution >= 4 is 6.16 Å². The standard InChI is InChI=1S/C61H42O3/c62-61(63-53-27-13-25-51(41-53)43-33-37-49(38-34-43)59-55(45-17-5-1-6-18-45)29-15-30-56(59)46-19-7-2-8-20-46)64-54-28-14-26-52(42-54)44-35-39-50(40-36-44)60-57(47-21-9-3-10-22-47)31-16-32-58(60)48-23-11-4-12-24-48/h1-42H. The summed E-state index contributed by atoms with van der Waals surface area (Å²) in [4.78, 5) is 13.2. The molecular formula is C61H42O3. The van der Waals surface area contributed by atoms with E-state index < -0.39 is 6.16 Å². The number of carbonyl (C=O) groups excluding carboxylic acids is 1. The summed E-state index contributed by atoms with van der Waals surface area (Å²) in [5.41, 5.74) is 17.8. The molecule has 0 fully saturated rings. The van der Waals surface area contributed by atoms with E-state index in [9.17, 15) is 4.79 Å². The molecule has 0 aliphatic rings. The van der Waals surface area contributed by atoms with E-state index in [4.69, 9.17) is 9.47 Å². The maximum absolute atomic E-state index is 13.2. The minimum atomic E-state index is -0.808. The summed E-state index contributed by atoms with van der Waals surface area (Å²) in [7, 11) is 0. The smallest absolute Gasteiger partial charge is 0.395 e. The van der Waals surface area contributed by atoms with E-state index in [1.54, 1.807) is 12.1 Å². The van der Waals surface area contributed by atoms with E-state index >= 15 is 0 Å². The van der Waals surface area contributed by atoms with Gasteiger partial charge in [0.2, 0.25) is 0 Å². The third kappa shape index (κ3) is 8.52. The van der Waals surface area contributed by atoms with Crippen molar-refractivity contribution in [2.45, 2.75) is 0 Å². The van der Waals surface area contributed by atoms with Gasteiger partial charge in [-0.2, -0.15) is 0 Å². The van der Waals surface area contributed by atoms with Gasteiger partial charge in [-0.1, -0.05) is 231 Å². The molecule has 0 aromatic heterocycles. The first kappa shape index (κ1) is 39.6. The van der Waals surface area contributed by atoms with Crippen LogP contribution >= 0.6 is 0 Å². The Morgan fingerprint density at radius 2 is 0.500 bits per heavy atom. The predicted octanol–water partition coefficient (Wildman–Crippen LogP) is 16.6. The van der Waals surface area contributed by atoms with Gasteiger partial charge in [0.15, 0.2) is 0 Å². The number of hydrogen-bond donors (Lipinski definition) is 0. The molecule has 0 bridgehead atoms. The van der Waals surface area contributed by atoms with Gasteiger partial charge in [0, 0.05) is 0 Å². The molecule has 0 amide bonds. The van der Waals surface area contributed by atoms with Gasteiger partial charge in [0.05, 0.1) is 0 Å². The van der Waals surface area contributed by atoms with Gasteiger partial charge in [0.25, 0.3) is 0 Å². The lowest BCUT2D eigenvalue weighted by atomic mass is 9.87. The molecule has 0 radical (unpaired) electrons. The molecule has 0 saturated carbocycles. The Labute approximate surface area is 374 Å². The zero-order valence-electron chi connectivity index (χ0n) is 35.0. The SMILES string of the molecule is O=C(Oc1cccc(-c2ccc(-c3c(-c4ccccc4)cccc3-c3ccccc3)cc2)c1)Oc1cccc(-c2ccc(-c3c(-c4ccccc4)cccc3-c3ccccc3)cc2)c1. The second-order valence-electron chi connectivity index (χ2n) is 15.6. The van der Waals surface area contributed by atoms with Crippen molar-refractivity contribution < 1.29 is 14.3 Å². The number of carbonyl (C=O) groups is 1. The lowest BCUT2D eigenvalue weighted by Gasteiger charge is -2.17. The van der Waals surface area contributed by atoms with Gasteiger partial charge in [-0.3, -0.25) is 0 Å². The highest BCUT2D eigenvalue weighted by molar-refractivity contribution is 5.96. The van der Waals surface area contributed by atoms with Crippen LogP contribution in [0.1, 0.15) is 0 Å². The van der Waals surface area contributed by atoms with E-state index in [2.05, 4.69) is 182 Å². The number of rotatable bonds is 10. The molecule has 0 unspecified atom stereocenters. The van der Waals surface area contributed by atoms with Crippen LogP contribution in [0.2, 0.25) is 0 Å². The molecule has 0 spiro atoms. The van der Waals surface area contributed by atoms with Crippen LogP contribution in [0.4, 0.5) is 4.79 Å². The summed E-state index contributed by atoms with van der Waals surface area (Å²) in [6.45, 7) is 0. The first-order valence-electron chi connectivity index (χ1n) is 21.4. The van der Waals surface area contributed by atoms with Crippen molar-refractivity contribution in [2.24, 2.45) is 0 Å². The molecular weight excluding hydrogens is 781 g/mol. The van der Waals surface area contributed by atoms with Crippen LogP contribution in [0, 0.1) is 0 Å². The molecule has 0 aliphatic carbocycles. The van der Waals surface area contributed by atoms with Crippen molar-refractivity contribution in [1.29, 1.82) is 0 Å². The minimum absolute atomic E-state index is 0.393. The van der Waals surface area contributed by atoms with Crippen molar-refractivity contribution in [2.75, 3.05) is 0 Å². The molecule has 64 heavy (non-hydrogen) atoms. The number of hydrogen-bond acceptors (Lipinski definition) is 3. The molecule has 3 nitrogen and oxygen atoms in total. The maximum Gasteiger partial charge on any atom is 0.519 e. The largest absolute Gasteiger partial charge is 0.519 e. The lowest BCUT2D eigenvalue weighted by molar-refractivity contribution is 0.152. The van der Waals surface area contributed by atoms with Gasteiger partial charge >= 0.3 is 6.16 Å². The van der Waals surface area contributed by atoms with Crippen LogP contribution in [0.25, 0.3) is 89.0 Å². The maximum atomic E-state index is 13.2. The monoisotopic (exact) mass is 822 g/mol. The number of benzene rings is 10. The minimum Gasteiger partial charge on any atom is -0.395 e. The molecule has 0 atom stereocenters. The Morgan fingerprint density at radius 3 is 0.812 bits per heavy atom. The number of ether oxygens (including phenoxy) is 2. The first-order chi connectivity index (χ1) is 31.6. The molecule has 10 aromatic rings. The zero-order chi connectivity index (χ0) is 43.1. The van der Waals surface area contributed by atoms with Gasteiger partial charge in [0.1, 0.15) is 11.5 Å². The Balaban J connectivity index is 0.863.